The summed E-state index contributed by atoms with van der Waals surface area (Å²) < 4.78 is 35.3. The molecule has 0 saturated heterocycles. The normalized spacial score (nSPS) is 12.4. The van der Waals surface area contributed by atoms with Crippen molar-refractivity contribution in [2.24, 2.45) is 0 Å². The molecule has 0 fully saturated rings. The van der Waals surface area contributed by atoms with Gasteiger partial charge in [0.25, 0.3) is 0 Å². The largest absolute Gasteiger partial charge is 0.497 e. The minimum Gasteiger partial charge on any atom is -0.497 e. The molecule has 10 aliphatic heterocycles. The van der Waals surface area contributed by atoms with Crippen molar-refractivity contribution >= 4 is 167 Å². The van der Waals surface area contributed by atoms with Gasteiger partial charge in [0, 0.05) is 133 Å². The molecule has 18 aromatic carbocycles. The standard InChI is InChI=1S/C102H78N6O6/c1-109-79-55-43-73(44-56-79)103-67-31-33-68(34-32-67)104(74-45-57-80(110-2)58-46-74)99-89-23-11-13-25-91(89)100(92-26-14-12-24-90(92)99)107(77-51-63-83(113-5)64-52-77)71-39-41-72(42-40-71)108(78-53-65-84(114-6)66-54-78)102-95-29-17-15-27-93(95)101(94-28-16-18-30-96(94)102)106(76-49-61-82(112-4)62-50-76)70-37-35-69(36-38-70)105(75-47-59-81(111-3)60-48-75)98-87-21-9-7-19-85(87)97(103)86-20-8-10-22-88(86)98/h7-66H,1-6H3. The minimum absolute atomic E-state index is 0.754. The van der Waals surface area contributed by atoms with Gasteiger partial charge in [-0.3, -0.25) is 0 Å². The fourth-order valence-corrected chi connectivity index (χ4v) is 16.8. The molecule has 0 aliphatic carbocycles. The molecule has 10 heterocycles. The van der Waals surface area contributed by atoms with Gasteiger partial charge < -0.3 is 57.8 Å². The topological polar surface area (TPSA) is 74.8 Å². The molecule has 0 radical (unpaired) electrons. The van der Waals surface area contributed by atoms with E-state index in [9.17, 15) is 0 Å². The second-order valence-electron chi connectivity index (χ2n) is 28.1. The number of anilines is 18. The van der Waals surface area contributed by atoms with Crippen LogP contribution in [-0.2, 0) is 0 Å². The van der Waals surface area contributed by atoms with Crippen LogP contribution in [0.3, 0.4) is 0 Å². The molecule has 0 amide bonds. The molecule has 28 rings (SSSR count). The average molecular weight is 1480 g/mol. The van der Waals surface area contributed by atoms with E-state index < -0.39 is 0 Å². The molecule has 12 heteroatoms. The van der Waals surface area contributed by atoms with Crippen molar-refractivity contribution < 1.29 is 28.4 Å². The Balaban J connectivity index is 0.934. The molecule has 12 nitrogen and oxygen atoms in total. The third-order valence-corrected chi connectivity index (χ3v) is 22.0. The fraction of sp³-hybridized carbons (Fsp3) is 0.0588. The minimum atomic E-state index is 0.754. The zero-order chi connectivity index (χ0) is 76.9. The van der Waals surface area contributed by atoms with E-state index in [4.69, 9.17) is 28.4 Å². The zero-order valence-corrected chi connectivity index (χ0v) is 63.8. The lowest BCUT2D eigenvalue weighted by Gasteiger charge is -2.35. The van der Waals surface area contributed by atoms with Crippen LogP contribution in [0.1, 0.15) is 0 Å². The van der Waals surface area contributed by atoms with Crippen LogP contribution in [0.4, 0.5) is 102 Å². The number of benzene rings is 18. The van der Waals surface area contributed by atoms with Crippen molar-refractivity contribution in [2.75, 3.05) is 72.1 Å². The first-order chi connectivity index (χ1) is 56.3. The van der Waals surface area contributed by atoms with Gasteiger partial charge in [0.1, 0.15) is 34.5 Å². The van der Waals surface area contributed by atoms with Crippen LogP contribution < -0.4 is 57.8 Å². The lowest BCUT2D eigenvalue weighted by Crippen LogP contribution is -2.16. The first-order valence-corrected chi connectivity index (χ1v) is 38.1. The van der Waals surface area contributed by atoms with Gasteiger partial charge >= 0.3 is 0 Å². The maximum Gasteiger partial charge on any atom is 0.119 e. The van der Waals surface area contributed by atoms with Crippen molar-refractivity contribution in [1.29, 1.82) is 0 Å². The van der Waals surface area contributed by atoms with E-state index in [0.29, 0.717) is 0 Å². The van der Waals surface area contributed by atoms with Gasteiger partial charge in [-0.25, -0.2) is 0 Å². The van der Waals surface area contributed by atoms with Crippen LogP contribution >= 0.6 is 0 Å². The molecule has 114 heavy (non-hydrogen) atoms. The molecule has 0 aromatic heterocycles. The predicted molar refractivity (Wildman–Crippen MR) is 472 cm³/mol. The average Bonchev–Trinajstić information content (AvgIpc) is 0.730. The second-order valence-corrected chi connectivity index (χ2v) is 28.1. The Morgan fingerprint density at radius 3 is 0.298 bits per heavy atom. The molecule has 12 bridgehead atoms. The number of hydrogen-bond acceptors (Lipinski definition) is 12. The third kappa shape index (κ3) is 12.0. The quantitative estimate of drug-likeness (QED) is 0.109. The van der Waals surface area contributed by atoms with E-state index in [1.165, 1.54) is 0 Å². The predicted octanol–water partition coefficient (Wildman–Crippen LogP) is 27.8. The highest BCUT2D eigenvalue weighted by Crippen LogP contribution is 2.57. The lowest BCUT2D eigenvalue weighted by atomic mass is 9.94. The molecule has 10 aliphatic rings. The highest BCUT2D eigenvalue weighted by molar-refractivity contribution is 6.27. The Bertz CT molecular complexity index is 5400. The summed E-state index contributed by atoms with van der Waals surface area (Å²) in [4.78, 5) is 14.4. The molecular formula is C102H78N6O6. The second kappa shape index (κ2) is 29.5. The Labute approximate surface area is 662 Å². The number of ether oxygens (including phenoxy) is 6. The van der Waals surface area contributed by atoms with Gasteiger partial charge in [0.05, 0.1) is 76.8 Å². The highest BCUT2D eigenvalue weighted by Gasteiger charge is 2.32. The number of hydrogen-bond donors (Lipinski definition) is 0. The molecular weight excluding hydrogens is 1410 g/mol. The lowest BCUT2D eigenvalue weighted by molar-refractivity contribution is 0.414. The smallest absolute Gasteiger partial charge is 0.119 e. The molecule has 0 N–H and O–H groups in total. The molecule has 0 spiro atoms. The summed E-state index contributed by atoms with van der Waals surface area (Å²) in [7, 11) is 10.3. The zero-order valence-electron chi connectivity index (χ0n) is 63.8. The fourth-order valence-electron chi connectivity index (χ4n) is 16.8. The van der Waals surface area contributed by atoms with Gasteiger partial charge in [0.2, 0.25) is 0 Å². The van der Waals surface area contributed by atoms with Crippen molar-refractivity contribution in [2.45, 2.75) is 0 Å². The Hall–Kier alpha value is -14.9. The SMILES string of the molecule is COc1ccc(N2c3ccc(cc3)N(c3ccc(OC)cc3)c3c4ccccc4c(c4ccccc34)N(c3ccc(OC)cc3)c3ccc(cc3)N(c3ccc(OC)cc3)c3c4ccccc4c(c4ccccc34)N(c3ccc(OC)cc3)c3ccc(cc3)N(c3ccc(OC)cc3)c3c4ccccc4c2c2ccccc32)cc1. The van der Waals surface area contributed by atoms with Gasteiger partial charge in [-0.2, -0.15) is 0 Å². The van der Waals surface area contributed by atoms with Crippen molar-refractivity contribution in [3.63, 3.8) is 0 Å². The van der Waals surface area contributed by atoms with Crippen LogP contribution in [0.25, 0.3) is 64.6 Å². The summed E-state index contributed by atoms with van der Waals surface area (Å²) in [6.45, 7) is 0. The molecule has 0 saturated carbocycles. The Morgan fingerprint density at radius 1 is 0.123 bits per heavy atom. The summed E-state index contributed by atoms with van der Waals surface area (Å²) >= 11 is 0. The van der Waals surface area contributed by atoms with Gasteiger partial charge in [-0.1, -0.05) is 146 Å². The van der Waals surface area contributed by atoms with Gasteiger partial charge in [-0.15, -0.1) is 0 Å². The molecule has 0 atom stereocenters. The monoisotopic (exact) mass is 1480 g/mol. The van der Waals surface area contributed by atoms with Crippen molar-refractivity contribution in [3.8, 4) is 34.5 Å². The third-order valence-electron chi connectivity index (χ3n) is 22.0. The Morgan fingerprint density at radius 2 is 0.211 bits per heavy atom. The summed E-state index contributed by atoms with van der Waals surface area (Å²) in [5, 5.41) is 12.5. The maximum absolute atomic E-state index is 5.89. The first-order valence-electron chi connectivity index (χ1n) is 38.1. The van der Waals surface area contributed by atoms with Crippen LogP contribution in [0, 0.1) is 0 Å². The highest BCUT2D eigenvalue weighted by atomic mass is 16.5. The van der Waals surface area contributed by atoms with E-state index in [-0.39, 0.29) is 0 Å². The summed E-state index contributed by atoms with van der Waals surface area (Å²) in [5.41, 5.74) is 17.4. The molecule has 0 unspecified atom stereocenters. The van der Waals surface area contributed by atoms with Gasteiger partial charge in [-0.05, 0) is 218 Å². The van der Waals surface area contributed by atoms with E-state index in [2.05, 4.69) is 321 Å². The van der Waals surface area contributed by atoms with Crippen LogP contribution in [0.15, 0.2) is 364 Å². The van der Waals surface area contributed by atoms with Crippen LogP contribution in [-0.4, -0.2) is 42.7 Å². The number of methoxy groups -OCH3 is 6. The number of nitrogens with zero attached hydrogens (tertiary/aromatic N) is 6. The van der Waals surface area contributed by atoms with Crippen molar-refractivity contribution in [1.82, 2.24) is 0 Å². The molecule has 18 aromatic rings. The van der Waals surface area contributed by atoms with E-state index in [1.807, 2.05) is 72.8 Å². The van der Waals surface area contributed by atoms with E-state index in [1.54, 1.807) is 42.7 Å². The van der Waals surface area contributed by atoms with Gasteiger partial charge in [0.15, 0.2) is 0 Å². The van der Waals surface area contributed by atoms with Crippen LogP contribution in [0.2, 0.25) is 0 Å². The first kappa shape index (κ1) is 69.6. The van der Waals surface area contributed by atoms with Crippen LogP contribution in [0.5, 0.6) is 34.5 Å². The number of rotatable bonds is 12. The van der Waals surface area contributed by atoms with E-state index in [0.717, 1.165) is 202 Å². The maximum atomic E-state index is 5.89. The van der Waals surface area contributed by atoms with Crippen molar-refractivity contribution in [3.05, 3.63) is 364 Å². The summed E-state index contributed by atoms with van der Waals surface area (Å²) in [6.07, 6.45) is 0. The van der Waals surface area contributed by atoms with E-state index >= 15 is 0 Å². The Kier molecular flexibility index (Phi) is 18.0. The summed E-state index contributed by atoms with van der Waals surface area (Å²) in [5.74, 6) is 4.52. The summed E-state index contributed by atoms with van der Waals surface area (Å²) in [6, 6.07) is 131. The molecule has 552 valence electrons.